The van der Waals surface area contributed by atoms with Crippen molar-refractivity contribution in [3.8, 4) is 22.6 Å². The third kappa shape index (κ3) is 4.33. The molecule has 34 heavy (non-hydrogen) atoms. The van der Waals surface area contributed by atoms with Crippen molar-refractivity contribution in [2.75, 3.05) is 11.5 Å². The quantitative estimate of drug-likeness (QED) is 0.334. The number of ether oxygens (including phenoxy) is 1. The molecule has 2 aromatic heterocycles. The van der Waals surface area contributed by atoms with Crippen LogP contribution in [0.5, 0.6) is 11.5 Å². The van der Waals surface area contributed by atoms with Crippen LogP contribution < -0.4 is 15.6 Å². The molecule has 9 heteroatoms. The molecular weight excluding hydrogens is 454 g/mol. The molecule has 4 aromatic rings. The predicted molar refractivity (Wildman–Crippen MR) is 134 cm³/mol. The minimum absolute atomic E-state index is 0.150. The normalized spacial score (nSPS) is 18.0. The van der Waals surface area contributed by atoms with Gasteiger partial charge >= 0.3 is 0 Å². The SMILES string of the molecule is Cn1cc(-c2cc(C(=O)NC3CCS(O)(O)C3)ccc2Oc2ccccc2)c2cc[nH]c2c1=O. The third-order valence-corrected chi connectivity index (χ3v) is 7.82. The van der Waals surface area contributed by atoms with Gasteiger partial charge in [0.2, 0.25) is 0 Å². The van der Waals surface area contributed by atoms with Gasteiger partial charge in [0.15, 0.2) is 0 Å². The van der Waals surface area contributed by atoms with Crippen LogP contribution >= 0.6 is 10.6 Å². The van der Waals surface area contributed by atoms with E-state index >= 15 is 0 Å². The number of pyridine rings is 1. The Balaban J connectivity index is 1.58. The molecule has 176 valence electrons. The summed E-state index contributed by atoms with van der Waals surface area (Å²) in [6, 6.07) is 16.0. The number of amides is 1. The van der Waals surface area contributed by atoms with Crippen LogP contribution in [0.4, 0.5) is 0 Å². The number of aromatic amines is 1. The van der Waals surface area contributed by atoms with Gasteiger partial charge in [0.1, 0.15) is 17.0 Å². The Morgan fingerprint density at radius 1 is 1.15 bits per heavy atom. The molecule has 4 N–H and O–H groups in total. The van der Waals surface area contributed by atoms with E-state index in [9.17, 15) is 18.7 Å². The van der Waals surface area contributed by atoms with Crippen molar-refractivity contribution in [2.45, 2.75) is 12.5 Å². The molecule has 1 atom stereocenters. The third-order valence-electron chi connectivity index (χ3n) is 5.99. The van der Waals surface area contributed by atoms with E-state index in [-0.39, 0.29) is 23.3 Å². The van der Waals surface area contributed by atoms with Crippen LogP contribution in [0.15, 0.2) is 71.8 Å². The minimum atomic E-state index is -2.61. The number of H-pyrrole nitrogens is 1. The van der Waals surface area contributed by atoms with E-state index in [0.29, 0.717) is 40.3 Å². The van der Waals surface area contributed by atoms with Crippen LogP contribution in [0.3, 0.4) is 0 Å². The smallest absolute Gasteiger partial charge is 0.274 e. The Kier molecular flexibility index (Phi) is 5.68. The maximum absolute atomic E-state index is 13.0. The summed E-state index contributed by atoms with van der Waals surface area (Å²) in [5, 5.41) is 3.64. The first kappa shape index (κ1) is 22.3. The molecule has 0 saturated carbocycles. The van der Waals surface area contributed by atoms with Crippen LogP contribution in [-0.4, -0.2) is 42.1 Å². The molecule has 1 amide bonds. The number of aryl methyl sites for hydroxylation is 1. The van der Waals surface area contributed by atoms with Crippen LogP contribution in [0.2, 0.25) is 0 Å². The van der Waals surface area contributed by atoms with Crippen molar-refractivity contribution in [1.82, 2.24) is 14.9 Å². The molecule has 1 aliphatic heterocycles. The molecule has 0 spiro atoms. The van der Waals surface area contributed by atoms with Gasteiger partial charge in [0, 0.05) is 53.3 Å². The maximum atomic E-state index is 13.0. The van der Waals surface area contributed by atoms with Crippen LogP contribution in [0.25, 0.3) is 22.0 Å². The number of rotatable bonds is 5. The Labute approximate surface area is 197 Å². The highest BCUT2D eigenvalue weighted by atomic mass is 32.3. The standard InChI is InChI=1S/C25H25N3O5S/c1-28-14-21(19-9-11-26-23(19)25(28)30)20-13-16(24(29)27-17-10-12-34(31,32)15-17)7-8-22(20)33-18-5-3-2-4-6-18/h2-9,11,13-14,17,26,31-32H,10,12,15H2,1H3,(H,27,29). The average molecular weight is 480 g/mol. The number of aromatic nitrogens is 2. The summed E-state index contributed by atoms with van der Waals surface area (Å²) < 4.78 is 27.4. The highest BCUT2D eigenvalue weighted by Crippen LogP contribution is 2.45. The highest BCUT2D eigenvalue weighted by Gasteiger charge is 2.29. The van der Waals surface area contributed by atoms with Crippen molar-refractivity contribution in [2.24, 2.45) is 7.05 Å². The fourth-order valence-corrected chi connectivity index (χ4v) is 6.00. The van der Waals surface area contributed by atoms with Crippen LogP contribution in [-0.2, 0) is 7.05 Å². The zero-order chi connectivity index (χ0) is 23.9. The Morgan fingerprint density at radius 2 is 1.94 bits per heavy atom. The van der Waals surface area contributed by atoms with Gasteiger partial charge in [0.05, 0.1) is 5.75 Å². The summed E-state index contributed by atoms with van der Waals surface area (Å²) in [4.78, 5) is 28.6. The molecule has 1 aliphatic rings. The first-order chi connectivity index (χ1) is 16.3. The summed E-state index contributed by atoms with van der Waals surface area (Å²) in [5.41, 5.74) is 2.14. The second-order valence-electron chi connectivity index (χ2n) is 8.48. The fraction of sp³-hybridized carbons (Fsp3) is 0.200. The zero-order valence-electron chi connectivity index (χ0n) is 18.5. The molecule has 0 bridgehead atoms. The van der Waals surface area contributed by atoms with Gasteiger partial charge in [-0.3, -0.25) is 18.7 Å². The Hall–Kier alpha value is -3.53. The van der Waals surface area contributed by atoms with Gasteiger partial charge in [0.25, 0.3) is 11.5 Å². The number of fused-ring (bicyclic) bond motifs is 1. The number of carbonyl (C=O) groups is 1. The zero-order valence-corrected chi connectivity index (χ0v) is 19.3. The molecule has 2 aromatic carbocycles. The van der Waals surface area contributed by atoms with E-state index < -0.39 is 10.6 Å². The lowest BCUT2D eigenvalue weighted by atomic mass is 9.99. The second-order valence-corrected chi connectivity index (χ2v) is 10.8. The molecular formula is C25H25N3O5S. The van der Waals surface area contributed by atoms with Crippen LogP contribution in [0, 0.1) is 0 Å². The topological polar surface area (TPSA) is 117 Å². The number of hydrogen-bond acceptors (Lipinski definition) is 5. The van der Waals surface area contributed by atoms with E-state index in [1.165, 1.54) is 4.57 Å². The predicted octanol–water partition coefficient (Wildman–Crippen LogP) is 4.58. The largest absolute Gasteiger partial charge is 0.457 e. The highest BCUT2D eigenvalue weighted by molar-refractivity contribution is 8.24. The number of benzene rings is 2. The number of carbonyl (C=O) groups excluding carboxylic acids is 1. The lowest BCUT2D eigenvalue weighted by Crippen LogP contribution is -2.35. The van der Waals surface area contributed by atoms with Crippen molar-refractivity contribution in [1.29, 1.82) is 0 Å². The molecule has 5 rings (SSSR count). The maximum Gasteiger partial charge on any atom is 0.274 e. The van der Waals surface area contributed by atoms with Crippen molar-refractivity contribution in [3.05, 3.63) is 82.9 Å². The second kappa shape index (κ2) is 8.68. The van der Waals surface area contributed by atoms with E-state index in [1.54, 1.807) is 37.6 Å². The Bertz CT molecular complexity index is 1430. The fourth-order valence-electron chi connectivity index (χ4n) is 4.27. The first-order valence-corrected chi connectivity index (χ1v) is 12.8. The summed E-state index contributed by atoms with van der Waals surface area (Å²) >= 11 is 0. The number of para-hydroxylation sites is 1. The van der Waals surface area contributed by atoms with Gasteiger partial charge in [-0.2, -0.15) is 10.6 Å². The summed E-state index contributed by atoms with van der Waals surface area (Å²) in [6.07, 6.45) is 3.97. The van der Waals surface area contributed by atoms with Crippen molar-refractivity contribution in [3.63, 3.8) is 0 Å². The molecule has 1 unspecified atom stereocenters. The van der Waals surface area contributed by atoms with Gasteiger partial charge in [-0.05, 0) is 42.8 Å². The first-order valence-electron chi connectivity index (χ1n) is 10.9. The van der Waals surface area contributed by atoms with Crippen molar-refractivity contribution < 1.29 is 18.6 Å². The molecule has 1 saturated heterocycles. The number of nitrogens with zero attached hydrogens (tertiary/aromatic N) is 1. The molecule has 8 nitrogen and oxygen atoms in total. The Morgan fingerprint density at radius 3 is 2.68 bits per heavy atom. The van der Waals surface area contributed by atoms with Gasteiger partial charge in [-0.15, -0.1) is 0 Å². The van der Waals surface area contributed by atoms with E-state index in [0.717, 1.165) is 10.9 Å². The molecule has 0 aliphatic carbocycles. The molecule has 1 fully saturated rings. The van der Waals surface area contributed by atoms with Crippen LogP contribution in [0.1, 0.15) is 16.8 Å². The monoisotopic (exact) mass is 479 g/mol. The number of nitrogens with one attached hydrogen (secondary N) is 2. The average Bonchev–Trinajstić information content (AvgIpc) is 3.44. The van der Waals surface area contributed by atoms with Crippen molar-refractivity contribution >= 4 is 27.4 Å². The van der Waals surface area contributed by atoms with E-state index in [1.807, 2.05) is 36.4 Å². The minimum Gasteiger partial charge on any atom is -0.457 e. The van der Waals surface area contributed by atoms with E-state index in [4.69, 9.17) is 4.74 Å². The summed E-state index contributed by atoms with van der Waals surface area (Å²) in [7, 11) is -0.934. The molecule has 3 heterocycles. The summed E-state index contributed by atoms with van der Waals surface area (Å²) in [5.74, 6) is 1.36. The van der Waals surface area contributed by atoms with E-state index in [2.05, 4.69) is 10.3 Å². The van der Waals surface area contributed by atoms with Gasteiger partial charge in [-0.1, -0.05) is 18.2 Å². The number of hydrogen-bond donors (Lipinski definition) is 4. The molecule has 0 radical (unpaired) electrons. The van der Waals surface area contributed by atoms with Gasteiger partial charge < -0.3 is 19.6 Å². The lowest BCUT2D eigenvalue weighted by molar-refractivity contribution is 0.0941. The summed E-state index contributed by atoms with van der Waals surface area (Å²) in [6.45, 7) is 0. The van der Waals surface area contributed by atoms with Gasteiger partial charge in [-0.25, -0.2) is 0 Å². The lowest BCUT2D eigenvalue weighted by Gasteiger charge is -2.26.